The van der Waals surface area contributed by atoms with E-state index in [0.717, 1.165) is 43.9 Å². The van der Waals surface area contributed by atoms with Crippen molar-refractivity contribution in [1.82, 2.24) is 5.32 Å². The molecule has 0 bridgehead atoms. The van der Waals surface area contributed by atoms with Crippen LogP contribution in [0, 0.1) is 0 Å². The summed E-state index contributed by atoms with van der Waals surface area (Å²) in [4.78, 5) is 0. The van der Waals surface area contributed by atoms with E-state index >= 15 is 0 Å². The van der Waals surface area contributed by atoms with Crippen molar-refractivity contribution < 1.29 is 4.74 Å². The van der Waals surface area contributed by atoms with Gasteiger partial charge in [-0.2, -0.15) is 0 Å². The fourth-order valence-corrected chi connectivity index (χ4v) is 3.19. The van der Waals surface area contributed by atoms with E-state index in [9.17, 15) is 0 Å². The summed E-state index contributed by atoms with van der Waals surface area (Å²) < 4.78 is 6.19. The number of nitrogens with one attached hydrogen (secondary N) is 1. The van der Waals surface area contributed by atoms with Gasteiger partial charge in [0.2, 0.25) is 0 Å². The van der Waals surface area contributed by atoms with Crippen LogP contribution < -0.4 is 5.32 Å². The van der Waals surface area contributed by atoms with E-state index in [4.69, 9.17) is 16.3 Å². The van der Waals surface area contributed by atoms with Crippen LogP contribution in [-0.2, 0) is 11.2 Å². The molecule has 0 spiro atoms. The third-order valence-electron chi connectivity index (χ3n) is 4.29. The van der Waals surface area contributed by atoms with Gasteiger partial charge in [-0.1, -0.05) is 50.6 Å². The van der Waals surface area contributed by atoms with Crippen molar-refractivity contribution in [2.24, 2.45) is 0 Å². The van der Waals surface area contributed by atoms with Crippen molar-refractivity contribution >= 4 is 11.6 Å². The van der Waals surface area contributed by atoms with Gasteiger partial charge in [0.05, 0.1) is 5.60 Å². The van der Waals surface area contributed by atoms with Crippen LogP contribution in [0.25, 0.3) is 0 Å². The molecule has 2 nitrogen and oxygen atoms in total. The van der Waals surface area contributed by atoms with Crippen molar-refractivity contribution in [2.45, 2.75) is 65.0 Å². The molecule has 0 amide bonds. The van der Waals surface area contributed by atoms with Crippen molar-refractivity contribution in [3.8, 4) is 0 Å². The molecule has 1 aromatic carbocycles. The molecule has 1 N–H and O–H groups in total. The Morgan fingerprint density at radius 1 is 1.14 bits per heavy atom. The molecule has 0 aliphatic heterocycles. The highest BCUT2D eigenvalue weighted by atomic mass is 35.5. The summed E-state index contributed by atoms with van der Waals surface area (Å²) in [6, 6.07) is 8.40. The smallest absolute Gasteiger partial charge is 0.0832 e. The first kappa shape index (κ1) is 18.5. The molecule has 1 unspecified atom stereocenters. The second-order valence-corrected chi connectivity index (χ2v) is 5.91. The van der Waals surface area contributed by atoms with E-state index < -0.39 is 0 Å². The minimum atomic E-state index is -0.122. The van der Waals surface area contributed by atoms with Gasteiger partial charge in [-0.25, -0.2) is 0 Å². The van der Waals surface area contributed by atoms with E-state index in [2.05, 4.69) is 45.1 Å². The number of benzene rings is 1. The van der Waals surface area contributed by atoms with Gasteiger partial charge in [0, 0.05) is 17.7 Å². The summed E-state index contributed by atoms with van der Waals surface area (Å²) in [6.45, 7) is 10.4. The third kappa shape index (κ3) is 4.98. The normalized spacial score (nSPS) is 13.4. The molecule has 0 saturated heterocycles. The van der Waals surface area contributed by atoms with Crippen molar-refractivity contribution in [3.05, 3.63) is 34.9 Å². The zero-order valence-corrected chi connectivity index (χ0v) is 14.7. The molecule has 0 saturated carbocycles. The Morgan fingerprint density at radius 3 is 2.33 bits per heavy atom. The van der Waals surface area contributed by atoms with Crippen LogP contribution in [0.15, 0.2) is 24.3 Å². The minimum Gasteiger partial charge on any atom is -0.374 e. The van der Waals surface area contributed by atoms with Crippen molar-refractivity contribution in [1.29, 1.82) is 0 Å². The van der Waals surface area contributed by atoms with E-state index in [0.29, 0.717) is 0 Å². The monoisotopic (exact) mass is 311 g/mol. The average Bonchev–Trinajstić information content (AvgIpc) is 2.51. The lowest BCUT2D eigenvalue weighted by Gasteiger charge is -2.40. The average molecular weight is 312 g/mol. The zero-order chi connectivity index (χ0) is 15.7. The zero-order valence-electron chi connectivity index (χ0n) is 13.9. The van der Waals surface area contributed by atoms with Gasteiger partial charge in [-0.15, -0.1) is 0 Å². The molecule has 120 valence electrons. The van der Waals surface area contributed by atoms with E-state index in [1.54, 1.807) is 0 Å². The number of rotatable bonds is 10. The quantitative estimate of drug-likeness (QED) is 0.667. The van der Waals surface area contributed by atoms with Gasteiger partial charge in [0.1, 0.15) is 0 Å². The molecule has 1 rings (SSSR count). The predicted octanol–water partition coefficient (Wildman–Crippen LogP) is 4.85. The summed E-state index contributed by atoms with van der Waals surface area (Å²) in [6.07, 6.45) is 4.03. The van der Waals surface area contributed by atoms with Gasteiger partial charge in [0.15, 0.2) is 0 Å². The van der Waals surface area contributed by atoms with Gasteiger partial charge in [-0.3, -0.25) is 0 Å². The molecule has 1 aromatic rings. The maximum Gasteiger partial charge on any atom is 0.0832 e. The summed E-state index contributed by atoms with van der Waals surface area (Å²) >= 11 is 6.35. The lowest BCUT2D eigenvalue weighted by molar-refractivity contribution is -0.0718. The largest absolute Gasteiger partial charge is 0.374 e. The van der Waals surface area contributed by atoms with Crippen molar-refractivity contribution in [3.63, 3.8) is 0 Å². The maximum absolute atomic E-state index is 6.35. The fraction of sp³-hybridized carbons (Fsp3) is 0.667. The van der Waals surface area contributed by atoms with Gasteiger partial charge < -0.3 is 10.1 Å². The number of hydrogen-bond donors (Lipinski definition) is 1. The third-order valence-corrected chi connectivity index (χ3v) is 4.66. The topological polar surface area (TPSA) is 21.3 Å². The van der Waals surface area contributed by atoms with Crippen LogP contribution in [0.2, 0.25) is 5.02 Å². The first-order valence-electron chi connectivity index (χ1n) is 8.24. The molecule has 1 atom stereocenters. The van der Waals surface area contributed by atoms with Crippen LogP contribution in [0.5, 0.6) is 0 Å². The van der Waals surface area contributed by atoms with Crippen LogP contribution in [0.3, 0.4) is 0 Å². The lowest BCUT2D eigenvalue weighted by atomic mass is 9.84. The Hall–Kier alpha value is -0.570. The Balaban J connectivity index is 3.00. The Kier molecular flexibility index (Phi) is 8.31. The lowest BCUT2D eigenvalue weighted by Crippen LogP contribution is -2.53. The summed E-state index contributed by atoms with van der Waals surface area (Å²) in [5.74, 6) is 0. The van der Waals surface area contributed by atoms with Crippen LogP contribution in [0.1, 0.15) is 52.5 Å². The van der Waals surface area contributed by atoms with E-state index in [1.165, 1.54) is 5.56 Å². The Labute approximate surface area is 135 Å². The number of halogens is 1. The van der Waals surface area contributed by atoms with Crippen LogP contribution in [-0.4, -0.2) is 24.8 Å². The predicted molar refractivity (Wildman–Crippen MR) is 92.2 cm³/mol. The standard InChI is InChI=1S/C18H30ClNO/c1-5-13-20-17(18(6-2,7-3)21-8-4)14-15-11-9-10-12-16(15)19/h9-12,17,20H,5-8,13-14H2,1-4H3. The second-order valence-electron chi connectivity index (χ2n) is 5.51. The van der Waals surface area contributed by atoms with E-state index in [-0.39, 0.29) is 11.6 Å². The number of ether oxygens (including phenoxy) is 1. The highest BCUT2D eigenvalue weighted by Crippen LogP contribution is 2.29. The SMILES string of the molecule is CCCNC(Cc1ccccc1Cl)C(CC)(CC)OCC. The van der Waals surface area contributed by atoms with Crippen molar-refractivity contribution in [2.75, 3.05) is 13.2 Å². The molecule has 0 aliphatic rings. The highest BCUT2D eigenvalue weighted by Gasteiger charge is 2.36. The molecular weight excluding hydrogens is 282 g/mol. The first-order chi connectivity index (χ1) is 10.1. The van der Waals surface area contributed by atoms with Gasteiger partial charge >= 0.3 is 0 Å². The molecule has 21 heavy (non-hydrogen) atoms. The Bertz CT molecular complexity index is 404. The molecule has 0 radical (unpaired) electrons. The van der Waals surface area contributed by atoms with Crippen LogP contribution in [0.4, 0.5) is 0 Å². The number of hydrogen-bond acceptors (Lipinski definition) is 2. The molecule has 3 heteroatoms. The van der Waals surface area contributed by atoms with E-state index in [1.807, 2.05) is 12.1 Å². The molecule has 0 aliphatic carbocycles. The summed E-state index contributed by atoms with van der Waals surface area (Å²) in [5, 5.41) is 4.53. The summed E-state index contributed by atoms with van der Waals surface area (Å²) in [5.41, 5.74) is 1.07. The Morgan fingerprint density at radius 2 is 1.81 bits per heavy atom. The van der Waals surface area contributed by atoms with Gasteiger partial charge in [0.25, 0.3) is 0 Å². The minimum absolute atomic E-state index is 0.122. The molecular formula is C18H30ClNO. The van der Waals surface area contributed by atoms with Crippen LogP contribution >= 0.6 is 11.6 Å². The summed E-state index contributed by atoms with van der Waals surface area (Å²) in [7, 11) is 0. The fourth-order valence-electron chi connectivity index (χ4n) is 2.98. The molecule has 0 fully saturated rings. The molecule has 0 aromatic heterocycles. The maximum atomic E-state index is 6.35. The highest BCUT2D eigenvalue weighted by molar-refractivity contribution is 6.31. The second kappa shape index (κ2) is 9.45. The first-order valence-corrected chi connectivity index (χ1v) is 8.62. The van der Waals surface area contributed by atoms with Gasteiger partial charge in [-0.05, 0) is 50.8 Å². The molecule has 0 heterocycles.